The lowest BCUT2D eigenvalue weighted by molar-refractivity contribution is 0.0704. The third-order valence-corrected chi connectivity index (χ3v) is 5.07. The zero-order chi connectivity index (χ0) is 15.3. The van der Waals surface area contributed by atoms with E-state index in [9.17, 15) is 4.79 Å². The van der Waals surface area contributed by atoms with E-state index in [1.54, 1.807) is 6.20 Å². The van der Waals surface area contributed by atoms with Gasteiger partial charge in [0.05, 0.1) is 17.0 Å². The summed E-state index contributed by atoms with van der Waals surface area (Å²) in [6.45, 7) is 4.82. The molecule has 2 fully saturated rings. The Morgan fingerprint density at radius 2 is 2.23 bits per heavy atom. The molecule has 22 heavy (non-hydrogen) atoms. The number of likely N-dealkylation sites (tertiary alicyclic amines) is 1. The normalized spacial score (nSPS) is 23.3. The van der Waals surface area contributed by atoms with E-state index in [4.69, 9.17) is 0 Å². The average molecular weight is 296 g/mol. The van der Waals surface area contributed by atoms with Gasteiger partial charge in [-0.25, -0.2) is 0 Å². The lowest BCUT2D eigenvalue weighted by Gasteiger charge is -2.27. The van der Waals surface area contributed by atoms with Crippen molar-refractivity contribution >= 4 is 5.91 Å². The number of nitrogens with zero attached hydrogens (tertiary/aromatic N) is 3. The standard InChI is InChI=1S/C17H20N4O/c1-10-15(11(2)20-19-10)16-14(4-3-7-18-16)17(22)21-9-12-5-6-13(21)8-12/h3-4,7,12-13H,5-6,8-9H2,1-2H3,(H,19,20)/t12-,13+/m0/s1. The van der Waals surface area contributed by atoms with Crippen LogP contribution in [0.4, 0.5) is 0 Å². The van der Waals surface area contributed by atoms with Crippen LogP contribution in [0.25, 0.3) is 11.3 Å². The Bertz CT molecular complexity index is 717. The van der Waals surface area contributed by atoms with Gasteiger partial charge < -0.3 is 4.90 Å². The summed E-state index contributed by atoms with van der Waals surface area (Å²) >= 11 is 0. The highest BCUT2D eigenvalue weighted by molar-refractivity contribution is 6.00. The van der Waals surface area contributed by atoms with Crippen LogP contribution < -0.4 is 0 Å². The van der Waals surface area contributed by atoms with Crippen molar-refractivity contribution in [2.75, 3.05) is 6.54 Å². The van der Waals surface area contributed by atoms with E-state index in [2.05, 4.69) is 20.1 Å². The number of nitrogens with one attached hydrogen (secondary N) is 1. The maximum Gasteiger partial charge on any atom is 0.256 e. The highest BCUT2D eigenvalue weighted by Gasteiger charge is 2.41. The van der Waals surface area contributed by atoms with E-state index in [0.29, 0.717) is 17.5 Å². The molecule has 0 spiro atoms. The molecule has 5 heteroatoms. The fourth-order valence-corrected chi connectivity index (χ4v) is 4.01. The number of amides is 1. The van der Waals surface area contributed by atoms with Crippen LogP contribution in [0.3, 0.4) is 0 Å². The van der Waals surface area contributed by atoms with E-state index in [0.717, 1.165) is 35.6 Å². The summed E-state index contributed by atoms with van der Waals surface area (Å²) in [6, 6.07) is 4.16. The SMILES string of the molecule is Cc1n[nH]c(C)c1-c1ncccc1C(=O)N1C[C@H]2CC[C@@H]1C2. The van der Waals surface area contributed by atoms with E-state index in [-0.39, 0.29) is 5.91 Å². The molecule has 1 aliphatic carbocycles. The van der Waals surface area contributed by atoms with Gasteiger partial charge in [0.15, 0.2) is 0 Å². The molecule has 5 nitrogen and oxygen atoms in total. The second-order valence-corrected chi connectivity index (χ2v) is 6.50. The summed E-state index contributed by atoms with van der Waals surface area (Å²) in [6.07, 6.45) is 5.34. The number of carbonyl (C=O) groups excluding carboxylic acids is 1. The lowest BCUT2D eigenvalue weighted by Crippen LogP contribution is -2.38. The summed E-state index contributed by atoms with van der Waals surface area (Å²) in [7, 11) is 0. The average Bonchev–Trinajstić information content (AvgIpc) is 3.23. The molecule has 2 aliphatic rings. The predicted octanol–water partition coefficient (Wildman–Crippen LogP) is 2.71. The molecule has 2 bridgehead atoms. The van der Waals surface area contributed by atoms with Gasteiger partial charge in [0.2, 0.25) is 0 Å². The minimum absolute atomic E-state index is 0.121. The molecule has 1 saturated carbocycles. The molecule has 2 aromatic rings. The predicted molar refractivity (Wildman–Crippen MR) is 83.5 cm³/mol. The summed E-state index contributed by atoms with van der Waals surface area (Å²) in [5.41, 5.74) is 4.23. The summed E-state index contributed by atoms with van der Waals surface area (Å²) in [5.74, 6) is 0.821. The summed E-state index contributed by atoms with van der Waals surface area (Å²) in [5, 5.41) is 7.22. The van der Waals surface area contributed by atoms with Gasteiger partial charge in [0.25, 0.3) is 5.91 Å². The first-order chi connectivity index (χ1) is 10.6. The number of H-pyrrole nitrogens is 1. The fourth-order valence-electron chi connectivity index (χ4n) is 4.01. The topological polar surface area (TPSA) is 61.9 Å². The highest BCUT2D eigenvalue weighted by Crippen LogP contribution is 2.39. The van der Waals surface area contributed by atoms with Crippen LogP contribution in [0.15, 0.2) is 18.3 Å². The molecule has 0 aromatic carbocycles. The molecule has 2 aromatic heterocycles. The molecular formula is C17H20N4O. The highest BCUT2D eigenvalue weighted by atomic mass is 16.2. The Hall–Kier alpha value is -2.17. The van der Waals surface area contributed by atoms with Crippen molar-refractivity contribution in [3.63, 3.8) is 0 Å². The van der Waals surface area contributed by atoms with Crippen molar-refractivity contribution in [3.05, 3.63) is 35.3 Å². The van der Waals surface area contributed by atoms with Gasteiger partial charge in [-0.3, -0.25) is 14.9 Å². The van der Waals surface area contributed by atoms with E-state index in [1.807, 2.05) is 26.0 Å². The number of piperidine rings is 1. The van der Waals surface area contributed by atoms with Crippen LogP contribution in [0.2, 0.25) is 0 Å². The quantitative estimate of drug-likeness (QED) is 0.927. The second-order valence-electron chi connectivity index (χ2n) is 6.50. The van der Waals surface area contributed by atoms with Crippen molar-refractivity contribution in [1.82, 2.24) is 20.1 Å². The number of aromatic nitrogens is 3. The monoisotopic (exact) mass is 296 g/mol. The number of rotatable bonds is 2. The van der Waals surface area contributed by atoms with Crippen LogP contribution in [0.5, 0.6) is 0 Å². The van der Waals surface area contributed by atoms with Gasteiger partial charge >= 0.3 is 0 Å². The molecule has 2 atom stereocenters. The van der Waals surface area contributed by atoms with Crippen LogP contribution >= 0.6 is 0 Å². The Labute approximate surface area is 129 Å². The number of hydrogen-bond acceptors (Lipinski definition) is 3. The molecule has 114 valence electrons. The summed E-state index contributed by atoms with van der Waals surface area (Å²) < 4.78 is 0. The van der Waals surface area contributed by atoms with Crippen molar-refractivity contribution in [2.45, 2.75) is 39.2 Å². The molecule has 1 N–H and O–H groups in total. The van der Waals surface area contributed by atoms with Crippen molar-refractivity contribution in [3.8, 4) is 11.3 Å². The van der Waals surface area contributed by atoms with E-state index in [1.165, 1.54) is 12.8 Å². The number of pyridine rings is 1. The Kier molecular flexibility index (Phi) is 3.03. The van der Waals surface area contributed by atoms with Crippen LogP contribution in [-0.2, 0) is 0 Å². The third-order valence-electron chi connectivity index (χ3n) is 5.07. The molecule has 1 amide bonds. The van der Waals surface area contributed by atoms with Crippen LogP contribution in [-0.4, -0.2) is 38.6 Å². The van der Waals surface area contributed by atoms with Gasteiger partial charge in [-0.2, -0.15) is 5.10 Å². The maximum absolute atomic E-state index is 13.0. The van der Waals surface area contributed by atoms with Gasteiger partial charge in [-0.15, -0.1) is 0 Å². The van der Waals surface area contributed by atoms with E-state index >= 15 is 0 Å². The third kappa shape index (κ3) is 1.95. The zero-order valence-electron chi connectivity index (χ0n) is 13.0. The Balaban J connectivity index is 1.75. The first kappa shape index (κ1) is 13.5. The lowest BCUT2D eigenvalue weighted by atomic mass is 10.0. The van der Waals surface area contributed by atoms with Gasteiger partial charge in [0.1, 0.15) is 0 Å². The maximum atomic E-state index is 13.0. The van der Waals surface area contributed by atoms with Gasteiger partial charge in [0, 0.05) is 30.0 Å². The molecule has 0 unspecified atom stereocenters. The largest absolute Gasteiger partial charge is 0.335 e. The summed E-state index contributed by atoms with van der Waals surface area (Å²) in [4.78, 5) is 19.6. The van der Waals surface area contributed by atoms with Crippen molar-refractivity contribution in [2.24, 2.45) is 5.92 Å². The molecule has 3 heterocycles. The first-order valence-corrected chi connectivity index (χ1v) is 7.93. The first-order valence-electron chi connectivity index (χ1n) is 7.93. The zero-order valence-corrected chi connectivity index (χ0v) is 13.0. The van der Waals surface area contributed by atoms with E-state index < -0.39 is 0 Å². The fraction of sp³-hybridized carbons (Fsp3) is 0.471. The minimum atomic E-state index is 0.121. The number of hydrogen-bond donors (Lipinski definition) is 1. The van der Waals surface area contributed by atoms with Crippen LogP contribution in [0, 0.1) is 19.8 Å². The van der Waals surface area contributed by atoms with Crippen LogP contribution in [0.1, 0.15) is 41.0 Å². The molecule has 1 saturated heterocycles. The minimum Gasteiger partial charge on any atom is -0.335 e. The van der Waals surface area contributed by atoms with Crippen molar-refractivity contribution in [1.29, 1.82) is 0 Å². The van der Waals surface area contributed by atoms with Gasteiger partial charge in [-0.05, 0) is 51.2 Å². The molecule has 0 radical (unpaired) electrons. The smallest absolute Gasteiger partial charge is 0.256 e. The second kappa shape index (κ2) is 4.93. The number of fused-ring (bicyclic) bond motifs is 2. The Morgan fingerprint density at radius 1 is 1.36 bits per heavy atom. The van der Waals surface area contributed by atoms with Gasteiger partial charge in [-0.1, -0.05) is 0 Å². The van der Waals surface area contributed by atoms with Crippen molar-refractivity contribution < 1.29 is 4.79 Å². The molecule has 1 aliphatic heterocycles. The number of aromatic amines is 1. The molecular weight excluding hydrogens is 276 g/mol. The number of carbonyl (C=O) groups is 1. The Morgan fingerprint density at radius 3 is 2.86 bits per heavy atom. The number of aryl methyl sites for hydroxylation is 2. The molecule has 4 rings (SSSR count).